The van der Waals surface area contributed by atoms with Crippen LogP contribution in [0.15, 0.2) is 18.2 Å². The van der Waals surface area contributed by atoms with E-state index >= 15 is 0 Å². The highest BCUT2D eigenvalue weighted by molar-refractivity contribution is 5.64. The maximum absolute atomic E-state index is 9.95. The first kappa shape index (κ1) is 9.34. The van der Waals surface area contributed by atoms with Crippen molar-refractivity contribution in [1.29, 1.82) is 0 Å². The fourth-order valence-electron chi connectivity index (χ4n) is 1.84. The van der Waals surface area contributed by atoms with Crippen molar-refractivity contribution in [2.75, 3.05) is 19.0 Å². The molecule has 1 aromatic rings. The Morgan fingerprint density at radius 3 is 3.00 bits per heavy atom. The molecule has 3 nitrogen and oxygen atoms in total. The number of ether oxygens (including phenoxy) is 1. The second kappa shape index (κ2) is 3.50. The van der Waals surface area contributed by atoms with Crippen molar-refractivity contribution < 1.29 is 9.84 Å². The van der Waals surface area contributed by atoms with Crippen molar-refractivity contribution >= 4 is 5.69 Å². The Morgan fingerprint density at radius 2 is 2.29 bits per heavy atom. The summed E-state index contributed by atoms with van der Waals surface area (Å²) in [6.45, 7) is 2.81. The summed E-state index contributed by atoms with van der Waals surface area (Å²) in [4.78, 5) is 0. The molecule has 1 aliphatic heterocycles. The van der Waals surface area contributed by atoms with Crippen LogP contribution in [0.2, 0.25) is 0 Å². The molecule has 0 saturated heterocycles. The van der Waals surface area contributed by atoms with E-state index in [4.69, 9.17) is 4.74 Å². The lowest BCUT2D eigenvalue weighted by molar-refractivity contribution is 0.119. The quantitative estimate of drug-likeness (QED) is 0.714. The number of para-hydroxylation sites is 1. The van der Waals surface area contributed by atoms with Gasteiger partial charge in [0, 0.05) is 18.0 Å². The van der Waals surface area contributed by atoms with E-state index in [2.05, 4.69) is 5.32 Å². The monoisotopic (exact) mass is 193 g/mol. The van der Waals surface area contributed by atoms with Crippen LogP contribution in [0.3, 0.4) is 0 Å². The summed E-state index contributed by atoms with van der Waals surface area (Å²) in [5, 5.41) is 13.2. The number of methoxy groups -OCH3 is 1. The summed E-state index contributed by atoms with van der Waals surface area (Å²) in [6, 6.07) is 5.74. The molecule has 2 N–H and O–H groups in total. The van der Waals surface area contributed by atoms with Crippen LogP contribution in [-0.4, -0.2) is 18.8 Å². The van der Waals surface area contributed by atoms with Gasteiger partial charge in [-0.15, -0.1) is 0 Å². The van der Waals surface area contributed by atoms with Gasteiger partial charge in [0.25, 0.3) is 0 Å². The van der Waals surface area contributed by atoms with E-state index in [9.17, 15) is 5.11 Å². The zero-order valence-electron chi connectivity index (χ0n) is 8.45. The Morgan fingerprint density at radius 1 is 1.50 bits per heavy atom. The maximum Gasteiger partial charge on any atom is 0.142 e. The van der Waals surface area contributed by atoms with Gasteiger partial charge in [-0.3, -0.25) is 0 Å². The molecule has 0 bridgehead atoms. The third-order valence-electron chi connectivity index (χ3n) is 2.74. The van der Waals surface area contributed by atoms with Crippen molar-refractivity contribution in [3.05, 3.63) is 23.8 Å². The van der Waals surface area contributed by atoms with Crippen LogP contribution in [0.1, 0.15) is 18.6 Å². The summed E-state index contributed by atoms with van der Waals surface area (Å²) in [5.74, 6) is 1.04. The number of aliphatic hydroxyl groups excluding tert-OH is 1. The van der Waals surface area contributed by atoms with Crippen LogP contribution in [0, 0.1) is 5.92 Å². The molecule has 0 aromatic heterocycles. The van der Waals surface area contributed by atoms with Gasteiger partial charge in [0.1, 0.15) is 5.75 Å². The average Bonchev–Trinajstić information content (AvgIpc) is 2.23. The van der Waals surface area contributed by atoms with E-state index < -0.39 is 0 Å². The number of hydrogen-bond acceptors (Lipinski definition) is 3. The van der Waals surface area contributed by atoms with E-state index in [-0.39, 0.29) is 12.0 Å². The molecule has 3 heteroatoms. The minimum Gasteiger partial charge on any atom is -0.495 e. The first-order valence-electron chi connectivity index (χ1n) is 4.83. The van der Waals surface area contributed by atoms with Gasteiger partial charge in [-0.05, 0) is 6.07 Å². The Labute approximate surface area is 83.7 Å². The van der Waals surface area contributed by atoms with Crippen molar-refractivity contribution in [2.24, 2.45) is 5.92 Å². The number of rotatable bonds is 1. The van der Waals surface area contributed by atoms with Crippen molar-refractivity contribution in [2.45, 2.75) is 13.0 Å². The minimum absolute atomic E-state index is 0.245. The summed E-state index contributed by atoms with van der Waals surface area (Å²) in [7, 11) is 1.64. The predicted octanol–water partition coefficient (Wildman–Crippen LogP) is 1.79. The Balaban J connectivity index is 2.47. The van der Waals surface area contributed by atoms with Crippen LogP contribution in [0.25, 0.3) is 0 Å². The Hall–Kier alpha value is -1.22. The topological polar surface area (TPSA) is 41.5 Å². The molecule has 0 spiro atoms. The minimum atomic E-state index is -0.388. The molecule has 0 saturated carbocycles. The molecule has 0 amide bonds. The number of benzene rings is 1. The maximum atomic E-state index is 9.95. The van der Waals surface area contributed by atoms with Gasteiger partial charge in [0.15, 0.2) is 0 Å². The second-order valence-electron chi connectivity index (χ2n) is 3.73. The molecule has 2 atom stereocenters. The number of hydrogen-bond donors (Lipinski definition) is 2. The largest absolute Gasteiger partial charge is 0.495 e. The molecule has 0 aliphatic carbocycles. The molecule has 76 valence electrons. The van der Waals surface area contributed by atoms with Crippen molar-refractivity contribution in [1.82, 2.24) is 0 Å². The van der Waals surface area contributed by atoms with Gasteiger partial charge in [-0.2, -0.15) is 0 Å². The van der Waals surface area contributed by atoms with Crippen LogP contribution >= 0.6 is 0 Å². The summed E-state index contributed by atoms with van der Waals surface area (Å²) in [6.07, 6.45) is -0.388. The molecule has 1 aromatic carbocycles. The highest BCUT2D eigenvalue weighted by Crippen LogP contribution is 2.38. The molecule has 1 aliphatic rings. The predicted molar refractivity (Wildman–Crippen MR) is 55.6 cm³/mol. The van der Waals surface area contributed by atoms with Crippen LogP contribution in [0.5, 0.6) is 5.75 Å². The van der Waals surface area contributed by atoms with Gasteiger partial charge in [0.05, 0.1) is 18.9 Å². The number of anilines is 1. The summed E-state index contributed by atoms with van der Waals surface area (Å²) < 4.78 is 5.22. The van der Waals surface area contributed by atoms with Gasteiger partial charge in [-0.25, -0.2) is 0 Å². The molecule has 2 rings (SSSR count). The van der Waals surface area contributed by atoms with Crippen LogP contribution in [0.4, 0.5) is 5.69 Å². The number of aliphatic hydroxyl groups is 1. The lowest BCUT2D eigenvalue weighted by atomic mass is 9.92. The second-order valence-corrected chi connectivity index (χ2v) is 3.73. The molecular formula is C11H15NO2. The lowest BCUT2D eigenvalue weighted by Gasteiger charge is -2.29. The fraction of sp³-hybridized carbons (Fsp3) is 0.455. The molecular weight excluding hydrogens is 178 g/mol. The summed E-state index contributed by atoms with van der Waals surface area (Å²) >= 11 is 0. The van der Waals surface area contributed by atoms with Crippen LogP contribution < -0.4 is 10.1 Å². The normalized spacial score (nSPS) is 25.1. The van der Waals surface area contributed by atoms with E-state index in [1.54, 1.807) is 7.11 Å². The molecule has 14 heavy (non-hydrogen) atoms. The van der Waals surface area contributed by atoms with E-state index in [1.165, 1.54) is 0 Å². The zero-order valence-corrected chi connectivity index (χ0v) is 8.45. The molecule has 0 radical (unpaired) electrons. The van der Waals surface area contributed by atoms with Gasteiger partial charge in [0.2, 0.25) is 0 Å². The highest BCUT2D eigenvalue weighted by Gasteiger charge is 2.26. The smallest absolute Gasteiger partial charge is 0.142 e. The molecule has 2 unspecified atom stereocenters. The third-order valence-corrected chi connectivity index (χ3v) is 2.74. The Kier molecular flexibility index (Phi) is 2.33. The van der Waals surface area contributed by atoms with Crippen molar-refractivity contribution in [3.8, 4) is 5.75 Å². The van der Waals surface area contributed by atoms with Gasteiger partial charge < -0.3 is 15.2 Å². The third kappa shape index (κ3) is 1.34. The first-order valence-corrected chi connectivity index (χ1v) is 4.83. The fourth-order valence-corrected chi connectivity index (χ4v) is 1.84. The van der Waals surface area contributed by atoms with Gasteiger partial charge >= 0.3 is 0 Å². The highest BCUT2D eigenvalue weighted by atomic mass is 16.5. The number of fused-ring (bicyclic) bond motifs is 1. The van der Waals surface area contributed by atoms with E-state index in [0.29, 0.717) is 0 Å². The standard InChI is InChI=1S/C11H15NO2/c1-7-6-12-10-8(11(7)13)4-3-5-9(10)14-2/h3-5,7,11-13H,6H2,1-2H3. The van der Waals surface area contributed by atoms with E-state index in [0.717, 1.165) is 23.5 Å². The SMILES string of the molecule is COc1cccc2c1NCC(C)C2O. The van der Waals surface area contributed by atoms with Crippen molar-refractivity contribution in [3.63, 3.8) is 0 Å². The lowest BCUT2D eigenvalue weighted by Crippen LogP contribution is -2.25. The average molecular weight is 193 g/mol. The first-order chi connectivity index (χ1) is 6.74. The molecule has 1 heterocycles. The van der Waals surface area contributed by atoms with E-state index in [1.807, 2.05) is 25.1 Å². The summed E-state index contributed by atoms with van der Waals surface area (Å²) in [5.41, 5.74) is 1.86. The van der Waals surface area contributed by atoms with Crippen LogP contribution in [-0.2, 0) is 0 Å². The number of nitrogens with one attached hydrogen (secondary N) is 1. The molecule has 0 fully saturated rings. The van der Waals surface area contributed by atoms with Gasteiger partial charge in [-0.1, -0.05) is 19.1 Å². The zero-order chi connectivity index (χ0) is 10.1. The Bertz CT molecular complexity index is 338.